The molecule has 0 unspecified atom stereocenters. The van der Waals surface area contributed by atoms with Crippen LogP contribution in [0.5, 0.6) is 0 Å². The molecule has 0 heterocycles. The number of hydrogen-bond donors (Lipinski definition) is 3. The average molecular weight is 521 g/mol. The van der Waals surface area contributed by atoms with Gasteiger partial charge in [0.1, 0.15) is 6.61 Å². The fourth-order valence-corrected chi connectivity index (χ4v) is 4.12. The highest BCUT2D eigenvalue weighted by molar-refractivity contribution is 5.86. The van der Waals surface area contributed by atoms with Crippen molar-refractivity contribution < 1.29 is 24.2 Å². The zero-order valence-electron chi connectivity index (χ0n) is 22.2. The van der Waals surface area contributed by atoms with Crippen molar-refractivity contribution in [3.63, 3.8) is 0 Å². The van der Waals surface area contributed by atoms with Crippen LogP contribution in [0, 0.1) is 11.8 Å². The molecule has 0 aliphatic rings. The number of allylic oxidation sites excluding steroid dienone is 2. The number of aliphatic hydroxyl groups excluding tert-OH is 1. The molecule has 2 amide bonds. The van der Waals surface area contributed by atoms with E-state index in [0.717, 1.165) is 11.1 Å². The summed E-state index contributed by atoms with van der Waals surface area (Å²) in [7, 11) is 0. The zero-order chi connectivity index (χ0) is 27.8. The topological polar surface area (TPSA) is 105 Å². The van der Waals surface area contributed by atoms with Gasteiger partial charge in [-0.25, -0.2) is 0 Å². The van der Waals surface area contributed by atoms with Gasteiger partial charge in [0, 0.05) is 12.5 Å². The molecular weight excluding hydrogens is 480 g/mol. The molecule has 3 N–H and O–H groups in total. The second-order valence-corrected chi connectivity index (χ2v) is 9.51. The van der Waals surface area contributed by atoms with Gasteiger partial charge in [-0.05, 0) is 43.7 Å². The summed E-state index contributed by atoms with van der Waals surface area (Å²) < 4.78 is 5.72. The summed E-state index contributed by atoms with van der Waals surface area (Å²) in [6, 6.07) is 18.5. The molecule has 7 nitrogen and oxygen atoms in total. The maximum atomic E-state index is 13.2. The minimum atomic E-state index is -0.640. The summed E-state index contributed by atoms with van der Waals surface area (Å²) in [6.07, 6.45) is 5.04. The molecule has 0 aromatic heterocycles. The number of amides is 2. The zero-order valence-corrected chi connectivity index (χ0v) is 22.2. The van der Waals surface area contributed by atoms with Gasteiger partial charge in [-0.1, -0.05) is 72.8 Å². The van der Waals surface area contributed by atoms with E-state index >= 15 is 0 Å². The molecular formula is C31H40N2O5. The molecule has 7 heteroatoms. The number of aliphatic hydroxyl groups is 1. The van der Waals surface area contributed by atoms with Crippen LogP contribution in [-0.4, -0.2) is 48.2 Å². The van der Waals surface area contributed by atoms with Crippen LogP contribution in [-0.2, 0) is 32.0 Å². The molecule has 0 radical (unpaired) electrons. The molecule has 0 saturated heterocycles. The number of ether oxygens (including phenoxy) is 1. The van der Waals surface area contributed by atoms with Crippen LogP contribution in [0.2, 0.25) is 0 Å². The van der Waals surface area contributed by atoms with Gasteiger partial charge in [0.15, 0.2) is 0 Å². The first kappa shape index (κ1) is 30.5. The van der Waals surface area contributed by atoms with Gasteiger partial charge in [-0.3, -0.25) is 14.4 Å². The molecule has 4 atom stereocenters. The lowest BCUT2D eigenvalue weighted by atomic mass is 9.96. The van der Waals surface area contributed by atoms with Crippen LogP contribution >= 0.6 is 0 Å². The Morgan fingerprint density at radius 1 is 0.868 bits per heavy atom. The minimum Gasteiger partial charge on any atom is -0.463 e. The minimum absolute atomic E-state index is 0.00352. The summed E-state index contributed by atoms with van der Waals surface area (Å²) in [5, 5.41) is 14.8. The van der Waals surface area contributed by atoms with E-state index in [0.29, 0.717) is 25.7 Å². The molecule has 0 aliphatic carbocycles. The van der Waals surface area contributed by atoms with Crippen molar-refractivity contribution >= 4 is 17.8 Å². The largest absolute Gasteiger partial charge is 0.463 e. The second-order valence-electron chi connectivity index (χ2n) is 9.51. The summed E-state index contributed by atoms with van der Waals surface area (Å²) in [6.45, 7) is 8.99. The van der Waals surface area contributed by atoms with Gasteiger partial charge < -0.3 is 20.5 Å². The number of benzene rings is 2. The SMILES string of the molecule is C=CC[C@H](CC(=O)N[C@H](C)CO)C(=O)N[C@H](COC(=O)[C@H](CC=C)Cc1ccccc1)Cc1ccccc1. The van der Waals surface area contributed by atoms with E-state index in [4.69, 9.17) is 4.74 Å². The molecule has 38 heavy (non-hydrogen) atoms. The molecule has 204 valence electrons. The maximum absolute atomic E-state index is 13.2. The molecule has 2 aromatic carbocycles. The molecule has 2 rings (SSSR count). The Morgan fingerprint density at radius 2 is 1.42 bits per heavy atom. The van der Waals surface area contributed by atoms with E-state index in [1.165, 1.54) is 0 Å². The highest BCUT2D eigenvalue weighted by Crippen LogP contribution is 2.16. The van der Waals surface area contributed by atoms with Crippen LogP contribution in [0.25, 0.3) is 0 Å². The lowest BCUT2D eigenvalue weighted by molar-refractivity contribution is -0.149. The predicted molar refractivity (Wildman–Crippen MR) is 149 cm³/mol. The Kier molecular flexibility index (Phi) is 13.6. The van der Waals surface area contributed by atoms with E-state index in [1.54, 1.807) is 19.1 Å². The average Bonchev–Trinajstić information content (AvgIpc) is 2.92. The number of esters is 1. The van der Waals surface area contributed by atoms with Crippen molar-refractivity contribution in [2.45, 2.75) is 51.1 Å². The predicted octanol–water partition coefficient (Wildman–Crippen LogP) is 3.77. The Balaban J connectivity index is 2.10. The lowest BCUT2D eigenvalue weighted by Crippen LogP contribution is -2.45. The number of carbonyl (C=O) groups is 3. The van der Waals surface area contributed by atoms with Crippen LogP contribution in [0.15, 0.2) is 86.0 Å². The van der Waals surface area contributed by atoms with E-state index < -0.39 is 18.0 Å². The van der Waals surface area contributed by atoms with Crippen LogP contribution in [0.4, 0.5) is 0 Å². The molecule has 0 spiro atoms. The normalized spacial score (nSPS) is 13.8. The quantitative estimate of drug-likeness (QED) is 0.218. The monoisotopic (exact) mass is 520 g/mol. The number of hydrogen-bond acceptors (Lipinski definition) is 5. The fraction of sp³-hybridized carbons (Fsp3) is 0.387. The fourth-order valence-electron chi connectivity index (χ4n) is 4.12. The number of nitrogens with one attached hydrogen (secondary N) is 2. The Morgan fingerprint density at radius 3 is 1.97 bits per heavy atom. The Hall–Kier alpha value is -3.71. The van der Waals surface area contributed by atoms with E-state index in [1.807, 2.05) is 60.7 Å². The van der Waals surface area contributed by atoms with Crippen molar-refractivity contribution in [3.8, 4) is 0 Å². The van der Waals surface area contributed by atoms with Crippen molar-refractivity contribution in [1.82, 2.24) is 10.6 Å². The molecule has 0 aliphatic heterocycles. The lowest BCUT2D eigenvalue weighted by Gasteiger charge is -2.24. The first-order valence-corrected chi connectivity index (χ1v) is 13.0. The van der Waals surface area contributed by atoms with Gasteiger partial charge in [0.2, 0.25) is 11.8 Å². The van der Waals surface area contributed by atoms with E-state index in [-0.39, 0.29) is 43.3 Å². The van der Waals surface area contributed by atoms with Crippen LogP contribution in [0.3, 0.4) is 0 Å². The third kappa shape index (κ3) is 11.1. The third-order valence-electron chi connectivity index (χ3n) is 6.14. The smallest absolute Gasteiger partial charge is 0.309 e. The summed E-state index contributed by atoms with van der Waals surface area (Å²) in [5.74, 6) is -2.01. The van der Waals surface area contributed by atoms with E-state index in [9.17, 15) is 19.5 Å². The van der Waals surface area contributed by atoms with Crippen molar-refractivity contribution in [3.05, 3.63) is 97.1 Å². The molecule has 2 aromatic rings. The van der Waals surface area contributed by atoms with Crippen LogP contribution < -0.4 is 10.6 Å². The highest BCUT2D eigenvalue weighted by Gasteiger charge is 2.26. The van der Waals surface area contributed by atoms with Crippen molar-refractivity contribution in [1.29, 1.82) is 0 Å². The molecule has 0 saturated carbocycles. The van der Waals surface area contributed by atoms with Gasteiger partial charge in [-0.15, -0.1) is 13.2 Å². The highest BCUT2D eigenvalue weighted by atomic mass is 16.5. The standard InChI is InChI=1S/C31H40N2O5/c1-4-12-26(20-29(35)32-23(3)21-34)30(36)33-28(19-25-16-10-7-11-17-25)22-38-31(37)27(13-5-2)18-24-14-8-6-9-15-24/h4-11,14-17,23,26-28,34H,1-2,12-13,18-22H2,3H3,(H,32,35)(H,33,36)/t23-,26-,27-,28+/m1/s1. The number of carbonyl (C=O) groups excluding carboxylic acids is 3. The first-order chi connectivity index (χ1) is 18.4. The first-order valence-electron chi connectivity index (χ1n) is 13.0. The van der Waals surface area contributed by atoms with Gasteiger partial charge >= 0.3 is 5.97 Å². The third-order valence-corrected chi connectivity index (χ3v) is 6.14. The van der Waals surface area contributed by atoms with Crippen LogP contribution in [0.1, 0.15) is 37.3 Å². The molecule has 0 fully saturated rings. The Bertz CT molecular complexity index is 1030. The van der Waals surface area contributed by atoms with Gasteiger partial charge in [0.25, 0.3) is 0 Å². The van der Waals surface area contributed by atoms with Gasteiger partial charge in [0.05, 0.1) is 24.5 Å². The summed E-state index contributed by atoms with van der Waals surface area (Å²) >= 11 is 0. The van der Waals surface area contributed by atoms with E-state index in [2.05, 4.69) is 23.8 Å². The molecule has 0 bridgehead atoms. The van der Waals surface area contributed by atoms with Crippen molar-refractivity contribution in [2.24, 2.45) is 11.8 Å². The summed E-state index contributed by atoms with van der Waals surface area (Å²) in [5.41, 5.74) is 2.02. The van der Waals surface area contributed by atoms with Crippen molar-refractivity contribution in [2.75, 3.05) is 13.2 Å². The number of rotatable bonds is 17. The summed E-state index contributed by atoms with van der Waals surface area (Å²) in [4.78, 5) is 38.6. The Labute approximate surface area is 226 Å². The van der Waals surface area contributed by atoms with Gasteiger partial charge in [-0.2, -0.15) is 0 Å². The second kappa shape index (κ2) is 16.9. The maximum Gasteiger partial charge on any atom is 0.309 e.